The number of pyridine rings is 1. The third-order valence-electron chi connectivity index (χ3n) is 3.32. The number of nitrogens with one attached hydrogen (secondary N) is 1. The molecule has 1 N–H and O–H groups in total. The van der Waals surface area contributed by atoms with E-state index < -0.39 is 0 Å². The topological polar surface area (TPSA) is 48.7 Å². The lowest BCUT2D eigenvalue weighted by atomic mass is 9.95. The zero-order valence-corrected chi connectivity index (χ0v) is 10.9. The maximum Gasteiger partial charge on any atom is 0.144 e. The highest BCUT2D eigenvalue weighted by Gasteiger charge is 2.15. The van der Waals surface area contributed by atoms with Crippen molar-refractivity contribution in [2.45, 2.75) is 45.1 Å². The van der Waals surface area contributed by atoms with Gasteiger partial charge < -0.3 is 5.32 Å². The third-order valence-corrected chi connectivity index (χ3v) is 3.32. The minimum atomic E-state index is 0.253. The Labute approximate surface area is 109 Å². The Kier molecular flexibility index (Phi) is 3.99. The average Bonchev–Trinajstić information content (AvgIpc) is 2.38. The van der Waals surface area contributed by atoms with Gasteiger partial charge in [-0.25, -0.2) is 4.98 Å². The molecular weight excluding hydrogens is 222 g/mol. The fourth-order valence-electron chi connectivity index (χ4n) is 2.37. The van der Waals surface area contributed by atoms with Crippen LogP contribution in [0.3, 0.4) is 0 Å². The normalized spacial score (nSPS) is 15.3. The van der Waals surface area contributed by atoms with E-state index in [4.69, 9.17) is 0 Å². The van der Waals surface area contributed by atoms with Crippen LogP contribution in [0.1, 0.15) is 43.0 Å². The van der Waals surface area contributed by atoms with E-state index in [1.165, 1.54) is 18.4 Å². The molecule has 2 rings (SSSR count). The van der Waals surface area contributed by atoms with E-state index in [1.807, 2.05) is 12.1 Å². The van der Waals surface area contributed by atoms with Gasteiger partial charge in [0.25, 0.3) is 0 Å². The van der Waals surface area contributed by atoms with Gasteiger partial charge in [-0.2, -0.15) is 5.26 Å². The van der Waals surface area contributed by atoms with Crippen molar-refractivity contribution in [1.82, 2.24) is 4.98 Å². The Bertz CT molecular complexity index is 485. The van der Waals surface area contributed by atoms with Crippen molar-refractivity contribution in [3.05, 3.63) is 35.5 Å². The number of nitriles is 1. The number of anilines is 1. The molecule has 0 fully saturated rings. The monoisotopic (exact) mass is 241 g/mol. The molecule has 1 heterocycles. The summed E-state index contributed by atoms with van der Waals surface area (Å²) in [6.45, 7) is 5.80. The number of hydrogen-bond donors (Lipinski definition) is 1. The average molecular weight is 241 g/mol. The van der Waals surface area contributed by atoms with Crippen molar-refractivity contribution in [3.63, 3.8) is 0 Å². The van der Waals surface area contributed by atoms with Crippen LogP contribution >= 0.6 is 0 Å². The van der Waals surface area contributed by atoms with E-state index in [0.717, 1.165) is 30.8 Å². The van der Waals surface area contributed by atoms with Gasteiger partial charge in [0.05, 0.1) is 5.56 Å². The molecule has 3 heteroatoms. The number of aryl methyl sites for hydroxylation is 2. The zero-order valence-electron chi connectivity index (χ0n) is 10.9. The first-order valence-electron chi connectivity index (χ1n) is 6.55. The minimum Gasteiger partial charge on any atom is -0.366 e. The van der Waals surface area contributed by atoms with Gasteiger partial charge in [0, 0.05) is 11.7 Å². The first-order valence-corrected chi connectivity index (χ1v) is 6.55. The minimum absolute atomic E-state index is 0.253. The SMILES string of the molecule is C=CCC(C)Nc1nc2c(cc1C#N)CCCC2. The molecular formula is C15H19N3. The summed E-state index contributed by atoms with van der Waals surface area (Å²) >= 11 is 0. The van der Waals surface area contributed by atoms with Gasteiger partial charge in [0.2, 0.25) is 0 Å². The van der Waals surface area contributed by atoms with Crippen molar-refractivity contribution < 1.29 is 0 Å². The maximum absolute atomic E-state index is 9.21. The summed E-state index contributed by atoms with van der Waals surface area (Å²) in [5, 5.41) is 12.5. The molecule has 0 bridgehead atoms. The van der Waals surface area contributed by atoms with Gasteiger partial charge in [0.1, 0.15) is 11.9 Å². The molecule has 0 aliphatic heterocycles. The lowest BCUT2D eigenvalue weighted by molar-refractivity contribution is 0.666. The van der Waals surface area contributed by atoms with Crippen molar-refractivity contribution in [2.24, 2.45) is 0 Å². The standard InChI is InChI=1S/C15H19N3/c1-3-6-11(2)17-15-13(10-16)9-12-7-4-5-8-14(12)18-15/h3,9,11H,1,4-8H2,2H3,(H,17,18). The van der Waals surface area contributed by atoms with E-state index in [-0.39, 0.29) is 6.04 Å². The molecule has 0 amide bonds. The van der Waals surface area contributed by atoms with E-state index in [0.29, 0.717) is 5.56 Å². The van der Waals surface area contributed by atoms with Crippen molar-refractivity contribution >= 4 is 5.82 Å². The number of rotatable bonds is 4. The number of nitrogens with zero attached hydrogens (tertiary/aromatic N) is 2. The van der Waals surface area contributed by atoms with Crippen LogP contribution in [-0.2, 0) is 12.8 Å². The van der Waals surface area contributed by atoms with Gasteiger partial charge in [-0.3, -0.25) is 0 Å². The van der Waals surface area contributed by atoms with Crippen LogP contribution in [0, 0.1) is 11.3 Å². The van der Waals surface area contributed by atoms with Gasteiger partial charge in [-0.1, -0.05) is 6.08 Å². The molecule has 1 atom stereocenters. The van der Waals surface area contributed by atoms with Crippen molar-refractivity contribution in [2.75, 3.05) is 5.32 Å². The second kappa shape index (κ2) is 5.68. The summed E-state index contributed by atoms with van der Waals surface area (Å²) in [5.41, 5.74) is 3.07. The predicted octanol–water partition coefficient (Wildman–Crippen LogP) is 3.21. The Hall–Kier alpha value is -1.82. The van der Waals surface area contributed by atoms with Crippen LogP contribution < -0.4 is 5.32 Å². The molecule has 3 nitrogen and oxygen atoms in total. The van der Waals surface area contributed by atoms with Crippen molar-refractivity contribution in [1.29, 1.82) is 5.26 Å². The van der Waals surface area contributed by atoms with E-state index >= 15 is 0 Å². The lowest BCUT2D eigenvalue weighted by Gasteiger charge is -2.19. The van der Waals surface area contributed by atoms with Gasteiger partial charge in [-0.15, -0.1) is 6.58 Å². The summed E-state index contributed by atoms with van der Waals surface area (Å²) in [5.74, 6) is 0.729. The number of hydrogen-bond acceptors (Lipinski definition) is 3. The summed E-state index contributed by atoms with van der Waals surface area (Å²) < 4.78 is 0. The zero-order chi connectivity index (χ0) is 13.0. The maximum atomic E-state index is 9.21. The fraction of sp³-hybridized carbons (Fsp3) is 0.467. The first-order chi connectivity index (χ1) is 8.74. The van der Waals surface area contributed by atoms with Crippen molar-refractivity contribution in [3.8, 4) is 6.07 Å². The van der Waals surface area contributed by atoms with Crippen LogP contribution in [-0.4, -0.2) is 11.0 Å². The summed E-state index contributed by atoms with van der Waals surface area (Å²) in [6.07, 6.45) is 7.24. The van der Waals surface area contributed by atoms with Crippen LogP contribution in [0.2, 0.25) is 0 Å². The highest BCUT2D eigenvalue weighted by atomic mass is 15.0. The highest BCUT2D eigenvalue weighted by Crippen LogP contribution is 2.24. The van der Waals surface area contributed by atoms with Crippen LogP contribution in [0.15, 0.2) is 18.7 Å². The fourth-order valence-corrected chi connectivity index (χ4v) is 2.37. The molecule has 0 saturated heterocycles. The number of fused-ring (bicyclic) bond motifs is 1. The Balaban J connectivity index is 2.28. The van der Waals surface area contributed by atoms with Gasteiger partial charge in [-0.05, 0) is 50.7 Å². The molecule has 1 aliphatic rings. The van der Waals surface area contributed by atoms with Crippen LogP contribution in [0.5, 0.6) is 0 Å². The second-order valence-electron chi connectivity index (χ2n) is 4.88. The summed E-state index contributed by atoms with van der Waals surface area (Å²) in [7, 11) is 0. The van der Waals surface area contributed by atoms with E-state index in [9.17, 15) is 5.26 Å². The summed E-state index contributed by atoms with van der Waals surface area (Å²) in [4.78, 5) is 4.64. The lowest BCUT2D eigenvalue weighted by Crippen LogP contribution is -2.18. The molecule has 0 saturated carbocycles. The molecule has 1 aliphatic carbocycles. The Morgan fingerprint density at radius 3 is 3.06 bits per heavy atom. The van der Waals surface area contributed by atoms with Crippen LogP contribution in [0.4, 0.5) is 5.82 Å². The quantitative estimate of drug-likeness (QED) is 0.823. The largest absolute Gasteiger partial charge is 0.366 e. The Morgan fingerprint density at radius 2 is 2.33 bits per heavy atom. The predicted molar refractivity (Wildman–Crippen MR) is 73.5 cm³/mol. The molecule has 18 heavy (non-hydrogen) atoms. The van der Waals surface area contributed by atoms with E-state index in [2.05, 4.69) is 29.9 Å². The second-order valence-corrected chi connectivity index (χ2v) is 4.88. The smallest absolute Gasteiger partial charge is 0.144 e. The van der Waals surface area contributed by atoms with E-state index in [1.54, 1.807) is 0 Å². The highest BCUT2D eigenvalue weighted by molar-refractivity contribution is 5.55. The molecule has 0 aromatic carbocycles. The molecule has 0 radical (unpaired) electrons. The molecule has 94 valence electrons. The number of aromatic nitrogens is 1. The van der Waals surface area contributed by atoms with Gasteiger partial charge in [0.15, 0.2) is 0 Å². The first kappa shape index (κ1) is 12.6. The molecule has 1 aromatic rings. The third kappa shape index (κ3) is 2.70. The van der Waals surface area contributed by atoms with Crippen LogP contribution in [0.25, 0.3) is 0 Å². The molecule has 0 spiro atoms. The van der Waals surface area contributed by atoms with Gasteiger partial charge >= 0.3 is 0 Å². The molecule has 1 aromatic heterocycles. The Morgan fingerprint density at radius 1 is 1.56 bits per heavy atom. The summed E-state index contributed by atoms with van der Waals surface area (Å²) in [6, 6.07) is 4.50. The molecule has 1 unspecified atom stereocenters.